The van der Waals surface area contributed by atoms with Gasteiger partial charge in [-0.05, 0) is 49.4 Å². The molecule has 0 saturated heterocycles. The molecule has 1 aliphatic carbocycles. The van der Waals surface area contributed by atoms with Crippen LogP contribution in [-0.4, -0.2) is 10.7 Å². The van der Waals surface area contributed by atoms with Gasteiger partial charge in [-0.3, -0.25) is 0 Å². The van der Waals surface area contributed by atoms with Gasteiger partial charge >= 0.3 is 0 Å². The van der Waals surface area contributed by atoms with E-state index in [1.54, 1.807) is 0 Å². The van der Waals surface area contributed by atoms with Crippen molar-refractivity contribution in [1.82, 2.24) is 0 Å². The first-order valence-corrected chi connectivity index (χ1v) is 8.01. The highest BCUT2D eigenvalue weighted by atomic mass is 16.3. The Kier molecular flexibility index (Phi) is 5.70. The van der Waals surface area contributed by atoms with Crippen LogP contribution in [0, 0.1) is 17.3 Å². The SMILES string of the molecule is CCC(C)(C)C1CCC(O)(CCCC(C)C)CC1. The third-order valence-electron chi connectivity index (χ3n) is 5.36. The van der Waals surface area contributed by atoms with Crippen molar-refractivity contribution in [3.05, 3.63) is 0 Å². The lowest BCUT2D eigenvalue weighted by atomic mass is 9.65. The molecule has 1 rings (SSSR count). The first-order valence-electron chi connectivity index (χ1n) is 8.01. The molecule has 0 aromatic heterocycles. The van der Waals surface area contributed by atoms with Gasteiger partial charge in [-0.2, -0.15) is 0 Å². The monoisotopic (exact) mass is 254 g/mol. The smallest absolute Gasteiger partial charge is 0.0648 e. The maximum Gasteiger partial charge on any atom is 0.0648 e. The van der Waals surface area contributed by atoms with Crippen LogP contribution in [0.2, 0.25) is 0 Å². The molecule has 0 amide bonds. The minimum absolute atomic E-state index is 0.338. The zero-order valence-electron chi connectivity index (χ0n) is 13.3. The summed E-state index contributed by atoms with van der Waals surface area (Å²) in [6.45, 7) is 11.6. The van der Waals surface area contributed by atoms with Crippen LogP contribution in [0.25, 0.3) is 0 Å². The Hall–Kier alpha value is -0.0400. The molecule has 0 bridgehead atoms. The topological polar surface area (TPSA) is 20.2 Å². The fourth-order valence-corrected chi connectivity index (χ4v) is 3.31. The second-order valence-corrected chi connectivity index (χ2v) is 7.63. The summed E-state index contributed by atoms with van der Waals surface area (Å²) >= 11 is 0. The van der Waals surface area contributed by atoms with E-state index in [2.05, 4.69) is 34.6 Å². The molecule has 1 nitrogen and oxygen atoms in total. The molecule has 0 atom stereocenters. The second kappa shape index (κ2) is 6.41. The Morgan fingerprint density at radius 2 is 1.78 bits per heavy atom. The molecule has 0 heterocycles. The summed E-state index contributed by atoms with van der Waals surface area (Å²) in [5.41, 5.74) is 0.120. The molecule has 1 heteroatoms. The zero-order valence-corrected chi connectivity index (χ0v) is 13.3. The van der Waals surface area contributed by atoms with Crippen molar-refractivity contribution in [2.45, 2.75) is 91.6 Å². The fourth-order valence-electron chi connectivity index (χ4n) is 3.31. The van der Waals surface area contributed by atoms with E-state index in [-0.39, 0.29) is 5.60 Å². The normalized spacial score (nSPS) is 29.8. The lowest BCUT2D eigenvalue weighted by Gasteiger charge is -2.42. The number of rotatable bonds is 6. The van der Waals surface area contributed by atoms with Gasteiger partial charge in [-0.1, -0.05) is 53.9 Å². The largest absolute Gasteiger partial charge is 0.390 e. The highest BCUT2D eigenvalue weighted by Crippen LogP contribution is 2.44. The van der Waals surface area contributed by atoms with E-state index < -0.39 is 0 Å². The van der Waals surface area contributed by atoms with Gasteiger partial charge in [-0.25, -0.2) is 0 Å². The van der Waals surface area contributed by atoms with Crippen LogP contribution in [0.15, 0.2) is 0 Å². The summed E-state index contributed by atoms with van der Waals surface area (Å²) in [5, 5.41) is 10.6. The van der Waals surface area contributed by atoms with E-state index in [1.807, 2.05) is 0 Å². The van der Waals surface area contributed by atoms with E-state index in [4.69, 9.17) is 0 Å². The Bertz CT molecular complexity index is 234. The van der Waals surface area contributed by atoms with Gasteiger partial charge in [0.05, 0.1) is 5.60 Å². The Labute approximate surface area is 114 Å². The molecule has 0 spiro atoms. The lowest BCUT2D eigenvalue weighted by Crippen LogP contribution is -2.38. The molecule has 1 saturated carbocycles. The second-order valence-electron chi connectivity index (χ2n) is 7.63. The summed E-state index contributed by atoms with van der Waals surface area (Å²) in [7, 11) is 0. The average molecular weight is 254 g/mol. The van der Waals surface area contributed by atoms with Crippen molar-refractivity contribution < 1.29 is 5.11 Å². The van der Waals surface area contributed by atoms with Crippen LogP contribution >= 0.6 is 0 Å². The first-order chi connectivity index (χ1) is 8.29. The van der Waals surface area contributed by atoms with Crippen LogP contribution in [0.3, 0.4) is 0 Å². The fraction of sp³-hybridized carbons (Fsp3) is 1.00. The number of hydrogen-bond acceptors (Lipinski definition) is 1. The first kappa shape index (κ1) is 16.0. The maximum atomic E-state index is 10.6. The van der Waals surface area contributed by atoms with Gasteiger partial charge < -0.3 is 5.11 Å². The number of aliphatic hydroxyl groups is 1. The van der Waals surface area contributed by atoms with Crippen molar-refractivity contribution in [3.63, 3.8) is 0 Å². The van der Waals surface area contributed by atoms with Gasteiger partial charge in [0.2, 0.25) is 0 Å². The third kappa shape index (κ3) is 4.57. The van der Waals surface area contributed by atoms with Gasteiger partial charge in [0.25, 0.3) is 0 Å². The molecule has 1 fully saturated rings. The highest BCUT2D eigenvalue weighted by Gasteiger charge is 2.37. The van der Waals surface area contributed by atoms with Crippen molar-refractivity contribution in [3.8, 4) is 0 Å². The van der Waals surface area contributed by atoms with Gasteiger partial charge in [-0.15, -0.1) is 0 Å². The summed E-state index contributed by atoms with van der Waals surface area (Å²) in [5.74, 6) is 1.58. The van der Waals surface area contributed by atoms with Gasteiger partial charge in [0, 0.05) is 0 Å². The van der Waals surface area contributed by atoms with Crippen LogP contribution in [-0.2, 0) is 0 Å². The quantitative estimate of drug-likeness (QED) is 0.693. The Balaban J connectivity index is 2.37. The van der Waals surface area contributed by atoms with Crippen LogP contribution < -0.4 is 0 Å². The highest BCUT2D eigenvalue weighted by molar-refractivity contribution is 4.90. The number of hydrogen-bond donors (Lipinski definition) is 1. The molecular weight excluding hydrogens is 220 g/mol. The maximum absolute atomic E-state index is 10.6. The minimum Gasteiger partial charge on any atom is -0.390 e. The van der Waals surface area contributed by atoms with Crippen molar-refractivity contribution in [1.29, 1.82) is 0 Å². The molecule has 1 aliphatic rings. The Morgan fingerprint density at radius 1 is 1.22 bits per heavy atom. The lowest BCUT2D eigenvalue weighted by molar-refractivity contribution is -0.0360. The van der Waals surface area contributed by atoms with Crippen molar-refractivity contribution in [2.75, 3.05) is 0 Å². The molecule has 0 unspecified atom stereocenters. The van der Waals surface area contributed by atoms with Crippen molar-refractivity contribution in [2.24, 2.45) is 17.3 Å². The van der Waals surface area contributed by atoms with Crippen LogP contribution in [0.4, 0.5) is 0 Å². The van der Waals surface area contributed by atoms with Crippen molar-refractivity contribution >= 4 is 0 Å². The third-order valence-corrected chi connectivity index (χ3v) is 5.36. The molecule has 0 aliphatic heterocycles. The summed E-state index contributed by atoms with van der Waals surface area (Å²) in [6.07, 6.45) is 9.21. The predicted octanol–water partition coefficient (Wildman–Crippen LogP) is 5.17. The summed E-state index contributed by atoms with van der Waals surface area (Å²) in [4.78, 5) is 0. The summed E-state index contributed by atoms with van der Waals surface area (Å²) in [6, 6.07) is 0. The molecule has 0 aromatic rings. The van der Waals surface area contributed by atoms with E-state index in [1.165, 1.54) is 32.1 Å². The van der Waals surface area contributed by atoms with E-state index in [0.717, 1.165) is 31.1 Å². The summed E-state index contributed by atoms with van der Waals surface area (Å²) < 4.78 is 0. The zero-order chi connectivity index (χ0) is 13.8. The van der Waals surface area contributed by atoms with Crippen LogP contribution in [0.5, 0.6) is 0 Å². The molecule has 0 radical (unpaired) electrons. The van der Waals surface area contributed by atoms with E-state index in [9.17, 15) is 5.11 Å². The van der Waals surface area contributed by atoms with Gasteiger partial charge in [0.1, 0.15) is 0 Å². The molecular formula is C17H34O. The van der Waals surface area contributed by atoms with E-state index in [0.29, 0.717) is 5.41 Å². The predicted molar refractivity (Wildman–Crippen MR) is 79.7 cm³/mol. The van der Waals surface area contributed by atoms with Crippen LogP contribution in [0.1, 0.15) is 86.0 Å². The standard InChI is InChI=1S/C17H34O/c1-6-16(4,5)15-9-12-17(18,13-10-15)11-7-8-14(2)3/h14-15,18H,6-13H2,1-5H3. The average Bonchev–Trinajstić information content (AvgIpc) is 2.29. The van der Waals surface area contributed by atoms with E-state index >= 15 is 0 Å². The minimum atomic E-state index is -0.338. The molecule has 0 aromatic carbocycles. The molecule has 1 N–H and O–H groups in total. The molecule has 108 valence electrons. The molecule has 18 heavy (non-hydrogen) atoms. The Morgan fingerprint density at radius 3 is 2.22 bits per heavy atom. The van der Waals surface area contributed by atoms with Gasteiger partial charge in [0.15, 0.2) is 0 Å².